The van der Waals surface area contributed by atoms with Gasteiger partial charge in [0.2, 0.25) is 0 Å². The van der Waals surface area contributed by atoms with Crippen molar-refractivity contribution in [1.82, 2.24) is 0 Å². The summed E-state index contributed by atoms with van der Waals surface area (Å²) in [7, 11) is 0. The molecule has 0 saturated heterocycles. The number of anilines is 1. The van der Waals surface area contributed by atoms with Gasteiger partial charge in [0.1, 0.15) is 0 Å². The maximum Gasteiger partial charge on any atom is 0.258 e. The first-order valence-electron chi connectivity index (χ1n) is 6.40. The van der Waals surface area contributed by atoms with E-state index in [0.29, 0.717) is 11.6 Å². The first-order chi connectivity index (χ1) is 9.08. The van der Waals surface area contributed by atoms with Gasteiger partial charge < -0.3 is 0 Å². The van der Waals surface area contributed by atoms with E-state index in [1.165, 1.54) is 17.1 Å². The monoisotopic (exact) mass is 255 g/mol. The Kier molecular flexibility index (Phi) is 3.95. The molecule has 0 spiro atoms. The fraction of sp³-hybridized carbons (Fsp3) is 0.250. The molecule has 2 rings (SSSR count). The van der Waals surface area contributed by atoms with Gasteiger partial charge in [-0.05, 0) is 30.0 Å². The maximum atomic E-state index is 11.6. The maximum absolute atomic E-state index is 11.6. The van der Waals surface area contributed by atoms with Crippen LogP contribution in [0.25, 0.3) is 6.08 Å². The number of carbonyl (C=O) groups is 2. The predicted octanol–water partition coefficient (Wildman–Crippen LogP) is 3.18. The van der Waals surface area contributed by atoms with Gasteiger partial charge in [0, 0.05) is 12.2 Å². The molecule has 98 valence electrons. The number of benzene rings is 1. The van der Waals surface area contributed by atoms with E-state index < -0.39 is 0 Å². The zero-order valence-electron chi connectivity index (χ0n) is 11.2. The summed E-state index contributed by atoms with van der Waals surface area (Å²) in [4.78, 5) is 24.4. The summed E-state index contributed by atoms with van der Waals surface area (Å²) in [6.07, 6.45) is 7.72. The topological polar surface area (TPSA) is 37.4 Å². The average molecular weight is 255 g/mol. The van der Waals surface area contributed by atoms with E-state index in [0.717, 1.165) is 12.0 Å². The Morgan fingerprint density at radius 2 is 1.84 bits per heavy atom. The number of amides is 2. The molecule has 3 heteroatoms. The lowest BCUT2D eigenvalue weighted by molar-refractivity contribution is -0.119. The molecule has 1 aromatic rings. The normalized spacial score (nSPS) is 15.2. The molecule has 0 N–H and O–H groups in total. The van der Waals surface area contributed by atoms with E-state index >= 15 is 0 Å². The SMILES string of the molecule is CC(C)CC=Cc1cccc(N2C(=O)C=CC2=O)c1. The fourth-order valence-corrected chi connectivity index (χ4v) is 1.90. The highest BCUT2D eigenvalue weighted by atomic mass is 16.2. The van der Waals surface area contributed by atoms with Crippen LogP contribution in [0.4, 0.5) is 5.69 Å². The first-order valence-corrected chi connectivity index (χ1v) is 6.40. The zero-order valence-corrected chi connectivity index (χ0v) is 11.2. The molecule has 0 fully saturated rings. The summed E-state index contributed by atoms with van der Waals surface area (Å²) < 4.78 is 0. The number of allylic oxidation sites excluding steroid dienone is 1. The van der Waals surface area contributed by atoms with Gasteiger partial charge in [0.25, 0.3) is 11.8 Å². The Hall–Kier alpha value is -2.16. The second-order valence-electron chi connectivity index (χ2n) is 4.97. The number of nitrogens with zero attached hydrogens (tertiary/aromatic N) is 1. The van der Waals surface area contributed by atoms with Crippen molar-refractivity contribution in [3.8, 4) is 0 Å². The van der Waals surface area contributed by atoms with Crippen LogP contribution in [0.5, 0.6) is 0 Å². The summed E-state index contributed by atoms with van der Waals surface area (Å²) in [6.45, 7) is 4.32. The second kappa shape index (κ2) is 5.65. The summed E-state index contributed by atoms with van der Waals surface area (Å²) in [5.74, 6) is 0.0481. The summed E-state index contributed by atoms with van der Waals surface area (Å²) >= 11 is 0. The molecule has 0 unspecified atom stereocenters. The number of hydrogen-bond acceptors (Lipinski definition) is 2. The standard InChI is InChI=1S/C16H17NO2/c1-12(2)5-3-6-13-7-4-8-14(11-13)17-15(18)9-10-16(17)19/h3-4,6-12H,5H2,1-2H3. The highest BCUT2D eigenvalue weighted by molar-refractivity contribution is 6.28. The highest BCUT2D eigenvalue weighted by Gasteiger charge is 2.24. The van der Waals surface area contributed by atoms with Gasteiger partial charge in [-0.1, -0.05) is 38.1 Å². The number of imide groups is 1. The van der Waals surface area contributed by atoms with Crippen LogP contribution in [0.1, 0.15) is 25.8 Å². The Bertz CT molecular complexity index is 538. The van der Waals surface area contributed by atoms with Gasteiger partial charge in [0.15, 0.2) is 0 Å². The summed E-state index contributed by atoms with van der Waals surface area (Å²) in [6, 6.07) is 7.42. The Labute approximate surface area is 113 Å². The summed E-state index contributed by atoms with van der Waals surface area (Å²) in [5, 5.41) is 0. The molecule has 1 aliphatic rings. The lowest BCUT2D eigenvalue weighted by Crippen LogP contribution is -2.29. The summed E-state index contributed by atoms with van der Waals surface area (Å²) in [5.41, 5.74) is 1.61. The largest absolute Gasteiger partial charge is 0.269 e. The molecule has 0 aliphatic carbocycles. The van der Waals surface area contributed by atoms with Crippen LogP contribution in [0, 0.1) is 5.92 Å². The lowest BCUT2D eigenvalue weighted by atomic mass is 10.1. The third-order valence-electron chi connectivity index (χ3n) is 2.86. The van der Waals surface area contributed by atoms with Gasteiger partial charge in [-0.15, -0.1) is 0 Å². The van der Waals surface area contributed by atoms with Crippen LogP contribution >= 0.6 is 0 Å². The zero-order chi connectivity index (χ0) is 13.8. The van der Waals surface area contributed by atoms with Crippen molar-refractivity contribution < 1.29 is 9.59 Å². The molecule has 2 amide bonds. The van der Waals surface area contributed by atoms with E-state index in [-0.39, 0.29) is 11.8 Å². The molecule has 0 radical (unpaired) electrons. The van der Waals surface area contributed by atoms with Gasteiger partial charge >= 0.3 is 0 Å². The molecule has 3 nitrogen and oxygen atoms in total. The average Bonchev–Trinajstić information content (AvgIpc) is 2.69. The minimum absolute atomic E-state index is 0.284. The van der Waals surface area contributed by atoms with Crippen molar-refractivity contribution in [2.75, 3.05) is 4.90 Å². The van der Waals surface area contributed by atoms with Gasteiger partial charge in [-0.3, -0.25) is 9.59 Å². The van der Waals surface area contributed by atoms with Crippen molar-refractivity contribution in [2.45, 2.75) is 20.3 Å². The molecule has 0 aromatic heterocycles. The van der Waals surface area contributed by atoms with Gasteiger partial charge in [-0.25, -0.2) is 4.90 Å². The van der Waals surface area contributed by atoms with Crippen molar-refractivity contribution in [2.24, 2.45) is 5.92 Å². The first kappa shape index (κ1) is 13.3. The molecule has 0 bridgehead atoms. The molecular weight excluding hydrogens is 238 g/mol. The third-order valence-corrected chi connectivity index (χ3v) is 2.86. The minimum Gasteiger partial charge on any atom is -0.269 e. The highest BCUT2D eigenvalue weighted by Crippen LogP contribution is 2.21. The van der Waals surface area contributed by atoms with Crippen LogP contribution in [0.3, 0.4) is 0 Å². The van der Waals surface area contributed by atoms with E-state index in [4.69, 9.17) is 0 Å². The Balaban J connectivity index is 2.18. The van der Waals surface area contributed by atoms with E-state index in [1.807, 2.05) is 24.3 Å². The Morgan fingerprint density at radius 1 is 1.16 bits per heavy atom. The molecule has 1 aliphatic heterocycles. The fourth-order valence-electron chi connectivity index (χ4n) is 1.90. The number of hydrogen-bond donors (Lipinski definition) is 0. The van der Waals surface area contributed by atoms with Crippen molar-refractivity contribution in [3.05, 3.63) is 48.1 Å². The quantitative estimate of drug-likeness (QED) is 0.775. The van der Waals surface area contributed by atoms with E-state index in [1.54, 1.807) is 6.07 Å². The Morgan fingerprint density at radius 3 is 2.47 bits per heavy atom. The molecule has 0 atom stereocenters. The lowest BCUT2D eigenvalue weighted by Gasteiger charge is -2.14. The molecule has 0 saturated carbocycles. The van der Waals surface area contributed by atoms with Gasteiger partial charge in [0.05, 0.1) is 5.69 Å². The van der Waals surface area contributed by atoms with Crippen LogP contribution in [-0.2, 0) is 9.59 Å². The predicted molar refractivity (Wildman–Crippen MR) is 76.6 cm³/mol. The number of rotatable bonds is 4. The minimum atomic E-state index is -0.284. The number of carbonyl (C=O) groups excluding carboxylic acids is 2. The molecule has 19 heavy (non-hydrogen) atoms. The smallest absolute Gasteiger partial charge is 0.258 e. The van der Waals surface area contributed by atoms with Crippen LogP contribution in [0.2, 0.25) is 0 Å². The van der Waals surface area contributed by atoms with Crippen molar-refractivity contribution in [3.63, 3.8) is 0 Å². The van der Waals surface area contributed by atoms with Crippen molar-refractivity contribution >= 4 is 23.6 Å². The van der Waals surface area contributed by atoms with Crippen molar-refractivity contribution in [1.29, 1.82) is 0 Å². The third kappa shape index (κ3) is 3.19. The molecule has 1 aromatic carbocycles. The van der Waals surface area contributed by atoms with Gasteiger partial charge in [-0.2, -0.15) is 0 Å². The van der Waals surface area contributed by atoms with Crippen LogP contribution < -0.4 is 4.90 Å². The van der Waals surface area contributed by atoms with Crippen LogP contribution in [-0.4, -0.2) is 11.8 Å². The molecule has 1 heterocycles. The van der Waals surface area contributed by atoms with Crippen LogP contribution in [0.15, 0.2) is 42.5 Å². The van der Waals surface area contributed by atoms with E-state index in [2.05, 4.69) is 19.9 Å². The molecular formula is C16H17NO2. The second-order valence-corrected chi connectivity index (χ2v) is 4.97. The van der Waals surface area contributed by atoms with E-state index in [9.17, 15) is 9.59 Å².